The quantitative estimate of drug-likeness (QED) is 0.803. The Labute approximate surface area is 120 Å². The average molecular weight is 286 g/mol. The summed E-state index contributed by atoms with van der Waals surface area (Å²) in [6, 6.07) is -0.0543. The number of ether oxygens (including phenoxy) is 1. The van der Waals surface area contributed by atoms with Crippen LogP contribution in [0.1, 0.15) is 26.7 Å². The Hall–Kier alpha value is -1.30. The molecule has 0 aromatic heterocycles. The molecular formula is C14H26N2O4. The monoisotopic (exact) mass is 286 g/mol. The number of methoxy groups -OCH3 is 1. The van der Waals surface area contributed by atoms with E-state index in [0.717, 1.165) is 19.4 Å². The van der Waals surface area contributed by atoms with E-state index in [1.54, 1.807) is 18.9 Å². The molecule has 0 saturated carbocycles. The summed E-state index contributed by atoms with van der Waals surface area (Å²) in [5.74, 6) is -1.03. The number of rotatable bonds is 6. The van der Waals surface area contributed by atoms with Gasteiger partial charge in [0, 0.05) is 39.2 Å². The van der Waals surface area contributed by atoms with Crippen molar-refractivity contribution in [1.82, 2.24) is 9.80 Å². The molecule has 116 valence electrons. The smallest absolute Gasteiger partial charge is 0.320 e. The maximum absolute atomic E-state index is 12.5. The van der Waals surface area contributed by atoms with Gasteiger partial charge in [-0.25, -0.2) is 4.79 Å². The molecule has 0 aliphatic carbocycles. The zero-order valence-corrected chi connectivity index (χ0v) is 12.7. The van der Waals surface area contributed by atoms with Crippen LogP contribution in [0, 0.1) is 11.8 Å². The van der Waals surface area contributed by atoms with Gasteiger partial charge in [-0.15, -0.1) is 0 Å². The van der Waals surface area contributed by atoms with Crippen molar-refractivity contribution in [2.24, 2.45) is 11.8 Å². The van der Waals surface area contributed by atoms with Crippen molar-refractivity contribution in [2.45, 2.75) is 26.7 Å². The van der Waals surface area contributed by atoms with Crippen LogP contribution in [-0.2, 0) is 9.53 Å². The number of hydrogen-bond acceptors (Lipinski definition) is 3. The first-order valence-electron chi connectivity index (χ1n) is 7.25. The van der Waals surface area contributed by atoms with Gasteiger partial charge in [0.15, 0.2) is 0 Å². The third kappa shape index (κ3) is 4.67. The number of carboxylic acid groups (broad SMARTS) is 1. The highest BCUT2D eigenvalue weighted by atomic mass is 16.5. The van der Waals surface area contributed by atoms with Gasteiger partial charge in [-0.1, -0.05) is 6.92 Å². The Kier molecular flexibility index (Phi) is 6.78. The summed E-state index contributed by atoms with van der Waals surface area (Å²) in [6.07, 6.45) is 2.06. The highest BCUT2D eigenvalue weighted by molar-refractivity contribution is 5.76. The second kappa shape index (κ2) is 8.09. The highest BCUT2D eigenvalue weighted by Gasteiger charge is 2.28. The molecule has 2 amide bonds. The van der Waals surface area contributed by atoms with Crippen molar-refractivity contribution >= 4 is 12.0 Å². The van der Waals surface area contributed by atoms with E-state index in [4.69, 9.17) is 9.84 Å². The maximum Gasteiger partial charge on any atom is 0.320 e. The fourth-order valence-electron chi connectivity index (χ4n) is 2.56. The summed E-state index contributed by atoms with van der Waals surface area (Å²) >= 11 is 0. The lowest BCUT2D eigenvalue weighted by atomic mass is 9.99. The normalized spacial score (nSPS) is 20.6. The molecule has 20 heavy (non-hydrogen) atoms. The number of carbonyl (C=O) groups is 2. The highest BCUT2D eigenvalue weighted by Crippen LogP contribution is 2.18. The van der Waals surface area contributed by atoms with Gasteiger partial charge in [0.2, 0.25) is 0 Å². The van der Waals surface area contributed by atoms with Gasteiger partial charge in [-0.05, 0) is 19.8 Å². The van der Waals surface area contributed by atoms with E-state index < -0.39 is 11.9 Å². The lowest BCUT2D eigenvalue weighted by molar-refractivity contribution is -0.141. The number of urea groups is 1. The topological polar surface area (TPSA) is 70.1 Å². The van der Waals surface area contributed by atoms with Crippen molar-refractivity contribution in [3.8, 4) is 0 Å². The number of likely N-dealkylation sites (tertiary alicyclic amines) is 1. The van der Waals surface area contributed by atoms with Gasteiger partial charge in [-0.3, -0.25) is 4.79 Å². The molecule has 6 heteroatoms. The maximum atomic E-state index is 12.5. The summed E-state index contributed by atoms with van der Waals surface area (Å²) in [5, 5.41) is 8.96. The Bertz CT molecular complexity index is 333. The molecule has 0 aromatic carbocycles. The first-order chi connectivity index (χ1) is 9.49. The number of carbonyl (C=O) groups excluding carboxylic acids is 1. The van der Waals surface area contributed by atoms with E-state index in [-0.39, 0.29) is 12.6 Å². The van der Waals surface area contributed by atoms with Crippen LogP contribution in [0.15, 0.2) is 0 Å². The van der Waals surface area contributed by atoms with Crippen LogP contribution < -0.4 is 0 Å². The molecule has 1 N–H and O–H groups in total. The molecule has 1 aliphatic rings. The average Bonchev–Trinajstić information content (AvgIpc) is 2.44. The predicted molar refractivity (Wildman–Crippen MR) is 75.6 cm³/mol. The summed E-state index contributed by atoms with van der Waals surface area (Å²) in [6.45, 7) is 6.41. The number of nitrogens with zero attached hydrogens (tertiary/aromatic N) is 2. The molecule has 0 spiro atoms. The van der Waals surface area contributed by atoms with Crippen LogP contribution >= 0.6 is 0 Å². The summed E-state index contributed by atoms with van der Waals surface area (Å²) in [4.78, 5) is 26.8. The zero-order valence-electron chi connectivity index (χ0n) is 12.7. The standard InChI is InChI=1S/C14H26N2O4/c1-4-15(8-11(2)13(17)18)14(19)16-7-5-6-12(9-16)10-20-3/h11-12H,4-10H2,1-3H3,(H,17,18). The van der Waals surface area contributed by atoms with Crippen molar-refractivity contribution in [2.75, 3.05) is 39.9 Å². The minimum atomic E-state index is -0.868. The molecule has 0 aromatic rings. The largest absolute Gasteiger partial charge is 0.481 e. The van der Waals surface area contributed by atoms with E-state index in [9.17, 15) is 9.59 Å². The van der Waals surface area contributed by atoms with Crippen LogP contribution in [0.4, 0.5) is 4.79 Å². The fraction of sp³-hybridized carbons (Fsp3) is 0.857. The van der Waals surface area contributed by atoms with Crippen LogP contribution in [-0.4, -0.2) is 66.8 Å². The van der Waals surface area contributed by atoms with E-state index in [1.165, 1.54) is 0 Å². The fourth-order valence-corrected chi connectivity index (χ4v) is 2.56. The number of piperidine rings is 1. The molecule has 1 heterocycles. The van der Waals surface area contributed by atoms with Crippen LogP contribution in [0.25, 0.3) is 0 Å². The first-order valence-corrected chi connectivity index (χ1v) is 7.25. The summed E-state index contributed by atoms with van der Waals surface area (Å²) in [7, 11) is 1.67. The second-order valence-electron chi connectivity index (χ2n) is 5.47. The second-order valence-corrected chi connectivity index (χ2v) is 5.47. The van der Waals surface area contributed by atoms with Crippen LogP contribution in [0.3, 0.4) is 0 Å². The van der Waals surface area contributed by atoms with Crippen LogP contribution in [0.2, 0.25) is 0 Å². The minimum absolute atomic E-state index is 0.0543. The molecule has 6 nitrogen and oxygen atoms in total. The van der Waals surface area contributed by atoms with E-state index in [0.29, 0.717) is 25.6 Å². The summed E-state index contributed by atoms with van der Waals surface area (Å²) < 4.78 is 5.16. The third-order valence-electron chi connectivity index (χ3n) is 3.76. The number of carboxylic acids is 1. The molecule has 2 atom stereocenters. The third-order valence-corrected chi connectivity index (χ3v) is 3.76. The Morgan fingerprint density at radius 1 is 1.50 bits per heavy atom. The van der Waals surface area contributed by atoms with Gasteiger partial charge in [0.25, 0.3) is 0 Å². The molecule has 1 fully saturated rings. The van der Waals surface area contributed by atoms with Gasteiger partial charge in [-0.2, -0.15) is 0 Å². The van der Waals surface area contributed by atoms with Gasteiger partial charge in [0.1, 0.15) is 0 Å². The number of hydrogen-bond donors (Lipinski definition) is 1. The van der Waals surface area contributed by atoms with Crippen molar-refractivity contribution in [3.63, 3.8) is 0 Å². The van der Waals surface area contributed by atoms with E-state index in [2.05, 4.69) is 0 Å². The minimum Gasteiger partial charge on any atom is -0.481 e. The van der Waals surface area contributed by atoms with Gasteiger partial charge < -0.3 is 19.6 Å². The van der Waals surface area contributed by atoms with Crippen molar-refractivity contribution in [1.29, 1.82) is 0 Å². The van der Waals surface area contributed by atoms with Gasteiger partial charge >= 0.3 is 12.0 Å². The molecule has 1 aliphatic heterocycles. The molecule has 2 unspecified atom stereocenters. The summed E-state index contributed by atoms with van der Waals surface area (Å²) in [5.41, 5.74) is 0. The SMILES string of the molecule is CCN(CC(C)C(=O)O)C(=O)N1CCCC(COC)C1. The molecular weight excluding hydrogens is 260 g/mol. The van der Waals surface area contributed by atoms with E-state index in [1.807, 2.05) is 11.8 Å². The Morgan fingerprint density at radius 2 is 2.20 bits per heavy atom. The van der Waals surface area contributed by atoms with Crippen molar-refractivity contribution < 1.29 is 19.4 Å². The molecule has 1 rings (SSSR count). The van der Waals surface area contributed by atoms with Gasteiger partial charge in [0.05, 0.1) is 12.5 Å². The number of aliphatic carboxylic acids is 1. The lowest BCUT2D eigenvalue weighted by Crippen LogP contribution is -2.49. The Morgan fingerprint density at radius 3 is 2.75 bits per heavy atom. The Balaban J connectivity index is 2.58. The van der Waals surface area contributed by atoms with Crippen LogP contribution in [0.5, 0.6) is 0 Å². The predicted octanol–water partition coefficient (Wildman–Crippen LogP) is 1.51. The van der Waals surface area contributed by atoms with E-state index >= 15 is 0 Å². The molecule has 1 saturated heterocycles. The first kappa shape index (κ1) is 16.8. The van der Waals surface area contributed by atoms with Crippen molar-refractivity contribution in [3.05, 3.63) is 0 Å². The number of amides is 2. The zero-order chi connectivity index (χ0) is 15.1. The lowest BCUT2D eigenvalue weighted by Gasteiger charge is -2.36. The molecule has 0 bridgehead atoms. The molecule has 0 radical (unpaired) electrons.